The van der Waals surface area contributed by atoms with E-state index in [4.69, 9.17) is 0 Å². The number of hydrogen-bond donors (Lipinski definition) is 1. The van der Waals surface area contributed by atoms with Gasteiger partial charge < -0.3 is 10.2 Å². The molecule has 4 nitrogen and oxygen atoms in total. The van der Waals surface area contributed by atoms with E-state index in [-0.39, 0.29) is 5.91 Å². The molecule has 0 unspecified atom stereocenters. The summed E-state index contributed by atoms with van der Waals surface area (Å²) in [5.74, 6) is 0.919. The summed E-state index contributed by atoms with van der Waals surface area (Å²) in [4.78, 5) is 18.8. The van der Waals surface area contributed by atoms with Gasteiger partial charge >= 0.3 is 0 Å². The van der Waals surface area contributed by atoms with Crippen molar-refractivity contribution >= 4 is 27.5 Å². The third-order valence-electron chi connectivity index (χ3n) is 4.28. The molecule has 1 N–H and O–H groups in total. The van der Waals surface area contributed by atoms with Crippen LogP contribution in [-0.2, 0) is 0 Å². The van der Waals surface area contributed by atoms with E-state index in [2.05, 4.69) is 10.3 Å². The molecule has 1 saturated heterocycles. The van der Waals surface area contributed by atoms with Gasteiger partial charge in [0.15, 0.2) is 0 Å². The fourth-order valence-corrected chi connectivity index (χ4v) is 3.66. The van der Waals surface area contributed by atoms with Gasteiger partial charge in [0.25, 0.3) is 5.91 Å². The molecule has 5 heteroatoms. The van der Waals surface area contributed by atoms with Crippen molar-refractivity contribution in [3.8, 4) is 0 Å². The van der Waals surface area contributed by atoms with Crippen LogP contribution in [0.5, 0.6) is 0 Å². The molecule has 3 rings (SSSR count). The van der Waals surface area contributed by atoms with Gasteiger partial charge in [-0.1, -0.05) is 0 Å². The van der Waals surface area contributed by atoms with Crippen LogP contribution in [0.15, 0.2) is 23.7 Å². The maximum absolute atomic E-state index is 12.6. The smallest absolute Gasteiger partial charge is 0.253 e. The summed E-state index contributed by atoms with van der Waals surface area (Å²) < 4.78 is 1.09. The molecule has 21 heavy (non-hydrogen) atoms. The van der Waals surface area contributed by atoms with Gasteiger partial charge in [-0.05, 0) is 57.0 Å². The summed E-state index contributed by atoms with van der Waals surface area (Å²) in [6.45, 7) is 2.84. The normalized spacial score (nSPS) is 16.5. The van der Waals surface area contributed by atoms with Crippen LogP contribution in [0.25, 0.3) is 10.2 Å². The Hall–Kier alpha value is -1.46. The molecule has 0 saturated carbocycles. The Bertz CT molecular complexity index is 617. The molecule has 1 aromatic heterocycles. The maximum Gasteiger partial charge on any atom is 0.253 e. The van der Waals surface area contributed by atoms with Gasteiger partial charge in [0.05, 0.1) is 15.7 Å². The largest absolute Gasteiger partial charge is 0.339 e. The fourth-order valence-electron chi connectivity index (χ4n) is 2.94. The lowest BCUT2D eigenvalue weighted by molar-refractivity contribution is 0.0687. The van der Waals surface area contributed by atoms with E-state index in [1.54, 1.807) is 11.3 Å². The number of likely N-dealkylation sites (tertiary alicyclic amines) is 1. The minimum atomic E-state index is 0.164. The molecule has 1 fully saturated rings. The molecule has 0 spiro atoms. The van der Waals surface area contributed by atoms with Crippen molar-refractivity contribution in [3.05, 3.63) is 29.3 Å². The monoisotopic (exact) mass is 303 g/mol. The van der Waals surface area contributed by atoms with E-state index in [9.17, 15) is 4.79 Å². The Morgan fingerprint density at radius 2 is 2.24 bits per heavy atom. The highest BCUT2D eigenvalue weighted by Crippen LogP contribution is 2.23. The summed E-state index contributed by atoms with van der Waals surface area (Å²) in [5.41, 5.74) is 3.59. The van der Waals surface area contributed by atoms with Crippen LogP contribution in [0.2, 0.25) is 0 Å². The highest BCUT2D eigenvalue weighted by Gasteiger charge is 2.23. The fraction of sp³-hybridized carbons (Fsp3) is 0.500. The highest BCUT2D eigenvalue weighted by molar-refractivity contribution is 7.16. The molecule has 0 bridgehead atoms. The molecule has 2 aromatic rings. The number of carbonyl (C=O) groups excluding carboxylic acids is 1. The molecule has 1 amide bonds. The number of thiazole rings is 1. The summed E-state index contributed by atoms with van der Waals surface area (Å²) in [7, 11) is 1.99. The maximum atomic E-state index is 12.6. The number of nitrogens with zero attached hydrogens (tertiary/aromatic N) is 2. The van der Waals surface area contributed by atoms with Crippen molar-refractivity contribution in [1.82, 2.24) is 15.2 Å². The molecule has 0 atom stereocenters. The van der Waals surface area contributed by atoms with Crippen LogP contribution in [0.1, 0.15) is 29.6 Å². The van der Waals surface area contributed by atoms with E-state index < -0.39 is 0 Å². The molecule has 2 heterocycles. The Balaban J connectivity index is 1.63. The summed E-state index contributed by atoms with van der Waals surface area (Å²) in [6.07, 6.45) is 3.46. The Labute approximate surface area is 129 Å². The molecule has 1 aliphatic rings. The zero-order valence-electron chi connectivity index (χ0n) is 12.3. The first kappa shape index (κ1) is 14.5. The average molecular weight is 303 g/mol. The van der Waals surface area contributed by atoms with E-state index in [1.807, 2.05) is 35.7 Å². The van der Waals surface area contributed by atoms with E-state index >= 15 is 0 Å². The average Bonchev–Trinajstić information content (AvgIpc) is 3.00. The summed E-state index contributed by atoms with van der Waals surface area (Å²) in [6, 6.07) is 5.82. The van der Waals surface area contributed by atoms with Gasteiger partial charge in [0, 0.05) is 18.7 Å². The Morgan fingerprint density at radius 1 is 1.43 bits per heavy atom. The molecule has 1 aliphatic heterocycles. The number of nitrogens with one attached hydrogen (secondary N) is 1. The number of hydrogen-bond acceptors (Lipinski definition) is 4. The van der Waals surface area contributed by atoms with Crippen LogP contribution in [0.3, 0.4) is 0 Å². The molecular weight excluding hydrogens is 282 g/mol. The number of rotatable bonds is 4. The minimum absolute atomic E-state index is 0.164. The van der Waals surface area contributed by atoms with Crippen LogP contribution in [0, 0.1) is 5.92 Å². The van der Waals surface area contributed by atoms with E-state index in [1.165, 1.54) is 6.42 Å². The zero-order valence-corrected chi connectivity index (χ0v) is 13.2. The molecule has 112 valence electrons. The first-order chi connectivity index (χ1) is 10.3. The van der Waals surface area contributed by atoms with E-state index in [0.717, 1.165) is 54.2 Å². The van der Waals surface area contributed by atoms with Gasteiger partial charge in [0.2, 0.25) is 0 Å². The lowest BCUT2D eigenvalue weighted by atomic mass is 9.93. The van der Waals surface area contributed by atoms with Gasteiger partial charge in [0.1, 0.15) is 0 Å². The van der Waals surface area contributed by atoms with Gasteiger partial charge in [-0.3, -0.25) is 4.79 Å². The van der Waals surface area contributed by atoms with E-state index in [0.29, 0.717) is 0 Å². The van der Waals surface area contributed by atoms with Crippen molar-refractivity contribution in [1.29, 1.82) is 0 Å². The van der Waals surface area contributed by atoms with Crippen LogP contribution in [-0.4, -0.2) is 42.5 Å². The van der Waals surface area contributed by atoms with Gasteiger partial charge in [-0.25, -0.2) is 4.98 Å². The molecular formula is C16H21N3OS. The topological polar surface area (TPSA) is 45.2 Å². The predicted molar refractivity (Wildman–Crippen MR) is 86.8 cm³/mol. The summed E-state index contributed by atoms with van der Waals surface area (Å²) >= 11 is 1.59. The third-order valence-corrected chi connectivity index (χ3v) is 5.07. The van der Waals surface area contributed by atoms with Gasteiger partial charge in [-0.2, -0.15) is 0 Å². The van der Waals surface area contributed by atoms with Crippen molar-refractivity contribution < 1.29 is 4.79 Å². The van der Waals surface area contributed by atoms with Crippen molar-refractivity contribution in [2.24, 2.45) is 5.92 Å². The lowest BCUT2D eigenvalue weighted by Crippen LogP contribution is -2.38. The zero-order chi connectivity index (χ0) is 14.7. The molecule has 0 radical (unpaired) electrons. The second kappa shape index (κ2) is 6.54. The SMILES string of the molecule is CNCCC1CCN(C(=O)c2ccc3ncsc3c2)CC1. The van der Waals surface area contributed by atoms with Crippen molar-refractivity contribution in [3.63, 3.8) is 0 Å². The van der Waals surface area contributed by atoms with Crippen molar-refractivity contribution in [2.45, 2.75) is 19.3 Å². The number of benzene rings is 1. The quantitative estimate of drug-likeness (QED) is 0.944. The Morgan fingerprint density at radius 3 is 3.00 bits per heavy atom. The second-order valence-corrected chi connectivity index (χ2v) is 6.55. The van der Waals surface area contributed by atoms with Crippen LogP contribution < -0.4 is 5.32 Å². The summed E-state index contributed by atoms with van der Waals surface area (Å²) in [5, 5.41) is 3.20. The highest BCUT2D eigenvalue weighted by atomic mass is 32.1. The third kappa shape index (κ3) is 3.24. The predicted octanol–water partition coefficient (Wildman–Crippen LogP) is 2.76. The lowest BCUT2D eigenvalue weighted by Gasteiger charge is -2.32. The first-order valence-corrected chi connectivity index (χ1v) is 8.43. The van der Waals surface area contributed by atoms with Crippen LogP contribution in [0.4, 0.5) is 0 Å². The number of amides is 1. The standard InChI is InChI=1S/C16H21N3OS/c1-17-7-4-12-5-8-19(9-6-12)16(20)13-2-3-14-15(10-13)21-11-18-14/h2-3,10-12,17H,4-9H2,1H3. The van der Waals surface area contributed by atoms with Crippen molar-refractivity contribution in [2.75, 3.05) is 26.7 Å². The van der Waals surface area contributed by atoms with Gasteiger partial charge in [-0.15, -0.1) is 11.3 Å². The number of fused-ring (bicyclic) bond motifs is 1. The Kier molecular flexibility index (Phi) is 4.51. The molecule has 0 aliphatic carbocycles. The minimum Gasteiger partial charge on any atom is -0.339 e. The second-order valence-electron chi connectivity index (χ2n) is 5.66. The first-order valence-electron chi connectivity index (χ1n) is 7.55. The number of aromatic nitrogens is 1. The van der Waals surface area contributed by atoms with Crippen LogP contribution >= 0.6 is 11.3 Å². The molecule has 1 aromatic carbocycles. The number of carbonyl (C=O) groups is 1. The number of piperidine rings is 1.